The molecule has 0 aliphatic rings. The molecule has 1 N–H and O–H groups in total. The van der Waals surface area contributed by atoms with Gasteiger partial charge in [0.1, 0.15) is 5.56 Å². The van der Waals surface area contributed by atoms with Gasteiger partial charge in [0.2, 0.25) is 0 Å². The zero-order valence-electron chi connectivity index (χ0n) is 13.2. The van der Waals surface area contributed by atoms with Crippen molar-refractivity contribution in [2.45, 2.75) is 6.18 Å². The lowest BCUT2D eigenvalue weighted by Gasteiger charge is -2.13. The summed E-state index contributed by atoms with van der Waals surface area (Å²) >= 11 is 5.68. The van der Waals surface area contributed by atoms with E-state index in [1.807, 2.05) is 5.32 Å². The number of para-hydroxylation sites is 1. The van der Waals surface area contributed by atoms with Crippen molar-refractivity contribution >= 4 is 34.9 Å². The van der Waals surface area contributed by atoms with Gasteiger partial charge in [0.05, 0.1) is 16.2 Å². The highest BCUT2D eigenvalue weighted by Crippen LogP contribution is 2.34. The average molecular weight is 403 g/mol. The number of hydrogen-bond acceptors (Lipinski definition) is 5. The van der Waals surface area contributed by atoms with E-state index >= 15 is 0 Å². The van der Waals surface area contributed by atoms with Crippen LogP contribution in [0.2, 0.25) is 5.02 Å². The third kappa shape index (κ3) is 5.17. The molecule has 2 aromatic carbocycles. The second-order valence-corrected chi connectivity index (χ2v) is 5.52. The number of ether oxygens (including phenoxy) is 1. The number of carbonyl (C=O) groups excluding carboxylic acids is 2. The van der Waals surface area contributed by atoms with E-state index in [0.29, 0.717) is 0 Å². The molecule has 0 heterocycles. The van der Waals surface area contributed by atoms with Gasteiger partial charge in [-0.2, -0.15) is 13.2 Å². The molecule has 0 saturated heterocycles. The number of halogens is 4. The highest BCUT2D eigenvalue weighted by atomic mass is 35.5. The van der Waals surface area contributed by atoms with Crippen LogP contribution in [0.25, 0.3) is 0 Å². The summed E-state index contributed by atoms with van der Waals surface area (Å²) in [7, 11) is 0. The third-order valence-corrected chi connectivity index (χ3v) is 3.45. The average Bonchev–Trinajstić information content (AvgIpc) is 2.58. The number of alkyl halides is 3. The molecule has 1 amide bonds. The zero-order chi connectivity index (χ0) is 20.2. The number of hydrogen-bond donors (Lipinski definition) is 1. The number of benzene rings is 2. The minimum atomic E-state index is -4.69. The van der Waals surface area contributed by atoms with E-state index < -0.39 is 52.1 Å². The van der Waals surface area contributed by atoms with Crippen LogP contribution in [0.15, 0.2) is 42.5 Å². The standard InChI is InChI=1S/C16H10ClF3N2O5/c17-9-5-6-13(22(25)26)10(7-9)15(24)27-8-14(23)21-12-4-2-1-3-11(12)16(18,19)20/h1-7H,8H2,(H,21,23). The molecule has 0 radical (unpaired) electrons. The first-order valence-electron chi connectivity index (χ1n) is 7.16. The molecule has 0 fully saturated rings. The molecule has 27 heavy (non-hydrogen) atoms. The fourth-order valence-corrected chi connectivity index (χ4v) is 2.24. The lowest BCUT2D eigenvalue weighted by molar-refractivity contribution is -0.385. The number of nitro groups is 1. The summed E-state index contributed by atoms with van der Waals surface area (Å²) in [4.78, 5) is 33.8. The van der Waals surface area contributed by atoms with Crippen LogP contribution in [0, 0.1) is 10.1 Å². The summed E-state index contributed by atoms with van der Waals surface area (Å²) in [5.74, 6) is -2.27. The molecule has 0 aliphatic heterocycles. The fraction of sp³-hybridized carbons (Fsp3) is 0.125. The van der Waals surface area contributed by atoms with Crippen molar-refractivity contribution in [1.82, 2.24) is 0 Å². The molecule has 2 aromatic rings. The number of nitrogens with zero attached hydrogens (tertiary/aromatic N) is 1. The Hall–Kier alpha value is -3.14. The Balaban J connectivity index is 2.08. The number of carbonyl (C=O) groups is 2. The quantitative estimate of drug-likeness (QED) is 0.462. The normalized spacial score (nSPS) is 11.0. The monoisotopic (exact) mass is 402 g/mol. The van der Waals surface area contributed by atoms with Gasteiger partial charge in [-0.15, -0.1) is 0 Å². The maximum absolute atomic E-state index is 12.9. The SMILES string of the molecule is O=C(COC(=O)c1cc(Cl)ccc1[N+](=O)[O-])Nc1ccccc1C(F)(F)F. The van der Waals surface area contributed by atoms with Gasteiger partial charge in [-0.25, -0.2) is 4.79 Å². The molecule has 0 bridgehead atoms. The van der Waals surface area contributed by atoms with Gasteiger partial charge < -0.3 is 10.1 Å². The topological polar surface area (TPSA) is 98.5 Å². The van der Waals surface area contributed by atoms with Crippen molar-refractivity contribution in [1.29, 1.82) is 0 Å². The maximum atomic E-state index is 12.9. The summed E-state index contributed by atoms with van der Waals surface area (Å²) in [5.41, 5.74) is -2.67. The Morgan fingerprint density at radius 2 is 1.85 bits per heavy atom. The molecule has 142 valence electrons. The van der Waals surface area contributed by atoms with Crippen molar-refractivity contribution in [2.24, 2.45) is 0 Å². The van der Waals surface area contributed by atoms with Crippen LogP contribution >= 0.6 is 11.6 Å². The van der Waals surface area contributed by atoms with Crippen LogP contribution < -0.4 is 5.32 Å². The largest absolute Gasteiger partial charge is 0.452 e. The van der Waals surface area contributed by atoms with Crippen LogP contribution in [0.3, 0.4) is 0 Å². The summed E-state index contributed by atoms with van der Waals surface area (Å²) in [5, 5.41) is 12.9. The first-order valence-corrected chi connectivity index (χ1v) is 7.54. The molecular weight excluding hydrogens is 393 g/mol. The molecule has 2 rings (SSSR count). The van der Waals surface area contributed by atoms with Gasteiger partial charge in [-0.1, -0.05) is 23.7 Å². The molecule has 0 aromatic heterocycles. The van der Waals surface area contributed by atoms with Crippen molar-refractivity contribution < 1.29 is 32.4 Å². The highest BCUT2D eigenvalue weighted by molar-refractivity contribution is 6.31. The molecule has 0 atom stereocenters. The molecule has 0 aliphatic carbocycles. The van der Waals surface area contributed by atoms with Crippen molar-refractivity contribution in [2.75, 3.05) is 11.9 Å². The molecule has 11 heteroatoms. The van der Waals surface area contributed by atoms with Crippen LogP contribution in [0.1, 0.15) is 15.9 Å². The van der Waals surface area contributed by atoms with Crippen molar-refractivity contribution in [3.05, 3.63) is 68.7 Å². The van der Waals surface area contributed by atoms with Gasteiger partial charge in [0.15, 0.2) is 6.61 Å². The summed E-state index contributed by atoms with van der Waals surface area (Å²) in [6.45, 7) is -0.950. The van der Waals surface area contributed by atoms with Gasteiger partial charge in [-0.3, -0.25) is 14.9 Å². The minimum absolute atomic E-state index is 0.0242. The van der Waals surface area contributed by atoms with E-state index in [4.69, 9.17) is 11.6 Å². The number of esters is 1. The van der Waals surface area contributed by atoms with E-state index in [9.17, 15) is 32.9 Å². The number of amides is 1. The molecule has 0 saturated carbocycles. The lowest BCUT2D eigenvalue weighted by Crippen LogP contribution is -2.23. The second kappa shape index (κ2) is 8.04. The Bertz CT molecular complexity index is 902. The predicted octanol–water partition coefficient (Wildman–Crippen LogP) is 4.06. The summed E-state index contributed by atoms with van der Waals surface area (Å²) in [6.07, 6.45) is -4.69. The van der Waals surface area contributed by atoms with Crippen LogP contribution in [0.5, 0.6) is 0 Å². The van der Waals surface area contributed by atoms with E-state index in [1.54, 1.807) is 0 Å². The second-order valence-electron chi connectivity index (χ2n) is 5.09. The van der Waals surface area contributed by atoms with Crippen molar-refractivity contribution in [3.8, 4) is 0 Å². The minimum Gasteiger partial charge on any atom is -0.452 e. The third-order valence-electron chi connectivity index (χ3n) is 3.22. The van der Waals surface area contributed by atoms with E-state index in [1.165, 1.54) is 12.1 Å². The maximum Gasteiger partial charge on any atom is 0.418 e. The number of nitro benzene ring substituents is 1. The van der Waals surface area contributed by atoms with Crippen molar-refractivity contribution in [3.63, 3.8) is 0 Å². The summed E-state index contributed by atoms with van der Waals surface area (Å²) in [6, 6.07) is 7.40. The Morgan fingerprint density at radius 3 is 2.48 bits per heavy atom. The van der Waals surface area contributed by atoms with E-state index in [0.717, 1.165) is 30.3 Å². The number of anilines is 1. The first kappa shape index (κ1) is 20.2. The molecule has 0 spiro atoms. The smallest absolute Gasteiger partial charge is 0.418 e. The van der Waals surface area contributed by atoms with E-state index in [2.05, 4.69) is 4.74 Å². The van der Waals surface area contributed by atoms with Gasteiger partial charge in [0, 0.05) is 11.1 Å². The Morgan fingerprint density at radius 1 is 1.19 bits per heavy atom. The highest BCUT2D eigenvalue weighted by Gasteiger charge is 2.33. The molecule has 0 unspecified atom stereocenters. The van der Waals surface area contributed by atoms with Gasteiger partial charge >= 0.3 is 12.1 Å². The lowest BCUT2D eigenvalue weighted by atomic mass is 10.1. The molecular formula is C16H10ClF3N2O5. The number of rotatable bonds is 5. The molecule has 7 nitrogen and oxygen atoms in total. The van der Waals surface area contributed by atoms with Crippen LogP contribution in [-0.4, -0.2) is 23.4 Å². The number of nitrogens with one attached hydrogen (secondary N) is 1. The van der Waals surface area contributed by atoms with Crippen LogP contribution in [0.4, 0.5) is 24.5 Å². The van der Waals surface area contributed by atoms with Gasteiger partial charge in [-0.05, 0) is 24.3 Å². The fourth-order valence-electron chi connectivity index (χ4n) is 2.07. The Kier molecular flexibility index (Phi) is 6.01. The predicted molar refractivity (Wildman–Crippen MR) is 88.5 cm³/mol. The first-order chi connectivity index (χ1) is 12.6. The van der Waals surface area contributed by atoms with Gasteiger partial charge in [0.25, 0.3) is 11.6 Å². The van der Waals surface area contributed by atoms with E-state index in [-0.39, 0.29) is 5.02 Å². The Labute approximate surface area is 154 Å². The van der Waals surface area contributed by atoms with Crippen LogP contribution in [-0.2, 0) is 15.7 Å². The zero-order valence-corrected chi connectivity index (χ0v) is 14.0. The summed E-state index contributed by atoms with van der Waals surface area (Å²) < 4.78 is 43.3.